The quantitative estimate of drug-likeness (QED) is 0.868. The maximum Gasteiger partial charge on any atom is 0.317 e. The van der Waals surface area contributed by atoms with E-state index in [4.69, 9.17) is 4.74 Å². The zero-order chi connectivity index (χ0) is 16.2. The van der Waals surface area contributed by atoms with Crippen molar-refractivity contribution in [2.45, 2.75) is 19.9 Å². The average Bonchev–Trinajstić information content (AvgIpc) is 2.71. The Hall–Kier alpha value is -2.62. The second-order valence-corrected chi connectivity index (χ2v) is 5.53. The summed E-state index contributed by atoms with van der Waals surface area (Å²) >= 11 is 0. The summed E-state index contributed by atoms with van der Waals surface area (Å²) in [5.41, 5.74) is 3.57. The zero-order valence-corrected chi connectivity index (χ0v) is 13.3. The van der Waals surface area contributed by atoms with Gasteiger partial charge in [-0.05, 0) is 31.5 Å². The van der Waals surface area contributed by atoms with Crippen LogP contribution in [0.3, 0.4) is 0 Å². The first-order chi connectivity index (χ1) is 11.2. The van der Waals surface area contributed by atoms with Gasteiger partial charge in [-0.2, -0.15) is 0 Å². The monoisotopic (exact) mass is 308 g/mol. The Bertz CT molecular complexity index is 725. The van der Waals surface area contributed by atoms with Gasteiger partial charge in [-0.15, -0.1) is 0 Å². The molecule has 2 aromatic carbocycles. The van der Waals surface area contributed by atoms with Crippen LogP contribution in [-0.4, -0.2) is 18.3 Å². The minimum Gasteiger partial charge on any atom is -0.465 e. The molecule has 0 aromatic heterocycles. The van der Waals surface area contributed by atoms with Gasteiger partial charge in [-0.1, -0.05) is 42.5 Å². The molecule has 0 spiro atoms. The van der Waals surface area contributed by atoms with Gasteiger partial charge in [0.2, 0.25) is 0 Å². The van der Waals surface area contributed by atoms with Crippen molar-refractivity contribution in [3.05, 3.63) is 60.2 Å². The molecule has 0 fully saturated rings. The molecular weight excluding hydrogens is 288 g/mol. The fraction of sp³-hybridized carbons (Fsp3) is 0.263. The summed E-state index contributed by atoms with van der Waals surface area (Å²) in [6, 6.07) is 17.6. The van der Waals surface area contributed by atoms with Crippen molar-refractivity contribution in [2.75, 3.05) is 11.9 Å². The number of nitrogens with zero attached hydrogens (tertiary/aromatic N) is 1. The Kier molecular flexibility index (Phi) is 4.42. The van der Waals surface area contributed by atoms with Crippen LogP contribution in [-0.2, 0) is 9.53 Å². The van der Waals surface area contributed by atoms with Gasteiger partial charge in [-0.25, -0.2) is 0 Å². The van der Waals surface area contributed by atoms with Crippen molar-refractivity contribution >= 4 is 23.1 Å². The Balaban J connectivity index is 2.09. The molecule has 0 bridgehead atoms. The number of fused-ring (bicyclic) bond motifs is 1. The van der Waals surface area contributed by atoms with E-state index in [1.165, 1.54) is 0 Å². The van der Waals surface area contributed by atoms with Crippen LogP contribution in [0.25, 0.3) is 0 Å². The molecule has 3 rings (SSSR count). The van der Waals surface area contributed by atoms with Crippen molar-refractivity contribution in [1.82, 2.24) is 0 Å². The van der Waals surface area contributed by atoms with Crippen molar-refractivity contribution in [2.24, 2.45) is 10.9 Å². The first-order valence-corrected chi connectivity index (χ1v) is 7.83. The molecule has 118 valence electrons. The molecule has 2 aromatic rings. The fourth-order valence-electron chi connectivity index (χ4n) is 2.92. The third-order valence-electron chi connectivity index (χ3n) is 3.99. The average molecular weight is 308 g/mol. The summed E-state index contributed by atoms with van der Waals surface area (Å²) in [5, 5.41) is 3.48. The second-order valence-electron chi connectivity index (χ2n) is 5.53. The van der Waals surface area contributed by atoms with Crippen LogP contribution >= 0.6 is 0 Å². The van der Waals surface area contributed by atoms with Gasteiger partial charge in [0.05, 0.1) is 24.0 Å². The van der Waals surface area contributed by atoms with Crippen LogP contribution in [0.5, 0.6) is 0 Å². The van der Waals surface area contributed by atoms with Gasteiger partial charge in [0, 0.05) is 5.71 Å². The summed E-state index contributed by atoms with van der Waals surface area (Å²) in [6.45, 7) is 4.07. The molecule has 1 aliphatic heterocycles. The summed E-state index contributed by atoms with van der Waals surface area (Å²) < 4.78 is 5.30. The van der Waals surface area contributed by atoms with Crippen molar-refractivity contribution in [3.8, 4) is 0 Å². The van der Waals surface area contributed by atoms with Crippen LogP contribution in [0, 0.1) is 5.92 Å². The Morgan fingerprint density at radius 1 is 1.13 bits per heavy atom. The fourth-order valence-corrected chi connectivity index (χ4v) is 2.92. The number of para-hydroxylation sites is 2. The highest BCUT2D eigenvalue weighted by Crippen LogP contribution is 2.37. The van der Waals surface area contributed by atoms with Gasteiger partial charge < -0.3 is 10.1 Å². The molecule has 0 saturated heterocycles. The maximum absolute atomic E-state index is 12.6. The van der Waals surface area contributed by atoms with Gasteiger partial charge in [-0.3, -0.25) is 9.79 Å². The van der Waals surface area contributed by atoms with E-state index in [9.17, 15) is 4.79 Å². The first-order valence-electron chi connectivity index (χ1n) is 7.83. The highest BCUT2D eigenvalue weighted by atomic mass is 16.5. The lowest BCUT2D eigenvalue weighted by atomic mass is 9.89. The number of anilines is 1. The molecule has 0 radical (unpaired) electrons. The van der Waals surface area contributed by atoms with E-state index < -0.39 is 5.92 Å². The molecule has 0 aliphatic carbocycles. The third-order valence-corrected chi connectivity index (χ3v) is 3.99. The second kappa shape index (κ2) is 6.65. The summed E-state index contributed by atoms with van der Waals surface area (Å²) in [4.78, 5) is 17.2. The van der Waals surface area contributed by atoms with Crippen LogP contribution in [0.15, 0.2) is 59.6 Å². The number of aliphatic imine (C=N–C) groups is 1. The number of carbonyl (C=O) groups excluding carboxylic acids is 1. The van der Waals surface area contributed by atoms with Gasteiger partial charge in [0.25, 0.3) is 0 Å². The molecule has 2 unspecified atom stereocenters. The minimum absolute atomic E-state index is 0.206. The third kappa shape index (κ3) is 3.11. The molecule has 4 heteroatoms. The zero-order valence-electron chi connectivity index (χ0n) is 13.3. The maximum atomic E-state index is 12.6. The molecule has 4 nitrogen and oxygen atoms in total. The molecular formula is C19H20N2O2. The summed E-state index contributed by atoms with van der Waals surface area (Å²) in [7, 11) is 0. The highest BCUT2D eigenvalue weighted by molar-refractivity contribution is 6.04. The number of esters is 1. The molecule has 23 heavy (non-hydrogen) atoms. The lowest BCUT2D eigenvalue weighted by Gasteiger charge is -2.26. The lowest BCUT2D eigenvalue weighted by Crippen LogP contribution is -2.33. The van der Waals surface area contributed by atoms with E-state index in [-0.39, 0.29) is 12.0 Å². The van der Waals surface area contributed by atoms with Crippen molar-refractivity contribution in [1.29, 1.82) is 0 Å². The first kappa shape index (κ1) is 15.3. The van der Waals surface area contributed by atoms with Gasteiger partial charge in [0.15, 0.2) is 0 Å². The van der Waals surface area contributed by atoms with Crippen LogP contribution < -0.4 is 5.32 Å². The Morgan fingerprint density at radius 3 is 2.57 bits per heavy atom. The number of nitrogens with one attached hydrogen (secondary N) is 1. The van der Waals surface area contributed by atoms with E-state index in [1.54, 1.807) is 0 Å². The van der Waals surface area contributed by atoms with E-state index in [0.29, 0.717) is 6.61 Å². The smallest absolute Gasteiger partial charge is 0.317 e. The van der Waals surface area contributed by atoms with Crippen molar-refractivity contribution in [3.63, 3.8) is 0 Å². The van der Waals surface area contributed by atoms with Crippen LogP contribution in [0.4, 0.5) is 11.4 Å². The molecule has 1 N–H and O–H groups in total. The SMILES string of the molecule is CCOC(=O)C1C(C)=Nc2ccccc2NC1c1ccccc1. The van der Waals surface area contributed by atoms with Crippen molar-refractivity contribution < 1.29 is 9.53 Å². The normalized spacial score (nSPS) is 19.8. The summed E-state index contributed by atoms with van der Waals surface area (Å²) in [5.74, 6) is -0.701. The van der Waals surface area contributed by atoms with Crippen LogP contribution in [0.2, 0.25) is 0 Å². The van der Waals surface area contributed by atoms with E-state index in [1.807, 2.05) is 68.4 Å². The Morgan fingerprint density at radius 2 is 1.83 bits per heavy atom. The number of hydrogen-bond donors (Lipinski definition) is 1. The number of benzene rings is 2. The topological polar surface area (TPSA) is 50.7 Å². The molecule has 0 amide bonds. The van der Waals surface area contributed by atoms with Crippen LogP contribution in [0.1, 0.15) is 25.5 Å². The largest absolute Gasteiger partial charge is 0.465 e. The van der Waals surface area contributed by atoms with Gasteiger partial charge in [0.1, 0.15) is 5.92 Å². The molecule has 1 heterocycles. The standard InChI is InChI=1S/C19H20N2O2/c1-3-23-19(22)17-13(2)20-15-11-7-8-12-16(15)21-18(17)14-9-5-4-6-10-14/h4-12,17-18,21H,3H2,1-2H3. The number of rotatable bonds is 3. The predicted octanol–water partition coefficient (Wildman–Crippen LogP) is 4.13. The number of ether oxygens (including phenoxy) is 1. The van der Waals surface area contributed by atoms with E-state index >= 15 is 0 Å². The molecule has 2 atom stereocenters. The van der Waals surface area contributed by atoms with Gasteiger partial charge >= 0.3 is 5.97 Å². The number of carbonyl (C=O) groups is 1. The lowest BCUT2D eigenvalue weighted by molar-refractivity contribution is -0.146. The predicted molar refractivity (Wildman–Crippen MR) is 92.1 cm³/mol. The minimum atomic E-state index is -0.454. The highest BCUT2D eigenvalue weighted by Gasteiger charge is 2.35. The molecule has 0 saturated carbocycles. The summed E-state index contributed by atoms with van der Waals surface area (Å²) in [6.07, 6.45) is 0. The van der Waals surface area contributed by atoms with E-state index in [0.717, 1.165) is 22.6 Å². The van der Waals surface area contributed by atoms with E-state index in [2.05, 4.69) is 10.3 Å². The Labute approximate surface area is 136 Å². The molecule has 1 aliphatic rings. The number of hydrogen-bond acceptors (Lipinski definition) is 4.